The van der Waals surface area contributed by atoms with Gasteiger partial charge < -0.3 is 10.1 Å². The van der Waals surface area contributed by atoms with E-state index in [-0.39, 0.29) is 11.9 Å². The normalized spacial score (nSPS) is 12.0. The average molecular weight is 294 g/mol. The smallest absolute Gasteiger partial charge is 0.138 e. The van der Waals surface area contributed by atoms with Gasteiger partial charge in [-0.05, 0) is 38.1 Å². The Labute approximate surface area is 123 Å². The van der Waals surface area contributed by atoms with Gasteiger partial charge in [0.25, 0.3) is 0 Å². The second-order valence-electron chi connectivity index (χ2n) is 4.47. The molecular weight excluding hydrogens is 277 g/mol. The summed E-state index contributed by atoms with van der Waals surface area (Å²) in [5.41, 5.74) is 1.45. The van der Waals surface area contributed by atoms with Gasteiger partial charge in [-0.3, -0.25) is 0 Å². The predicted molar refractivity (Wildman–Crippen MR) is 81.1 cm³/mol. The van der Waals surface area contributed by atoms with E-state index in [0.29, 0.717) is 22.9 Å². The molecular formula is C16H17ClFNO. The molecule has 2 aromatic rings. The zero-order chi connectivity index (χ0) is 14.5. The van der Waals surface area contributed by atoms with Crippen LogP contribution in [0.3, 0.4) is 0 Å². The SMILES string of the molecule is CCOc1ccc(NC(C)c2ccccc2F)cc1Cl. The summed E-state index contributed by atoms with van der Waals surface area (Å²) in [6, 6.07) is 12.0. The van der Waals surface area contributed by atoms with E-state index in [9.17, 15) is 4.39 Å². The van der Waals surface area contributed by atoms with Crippen LogP contribution in [0.15, 0.2) is 42.5 Å². The fraction of sp³-hybridized carbons (Fsp3) is 0.250. The van der Waals surface area contributed by atoms with Gasteiger partial charge in [-0.15, -0.1) is 0 Å². The number of hydrogen-bond acceptors (Lipinski definition) is 2. The summed E-state index contributed by atoms with van der Waals surface area (Å²) in [6.45, 7) is 4.38. The summed E-state index contributed by atoms with van der Waals surface area (Å²) in [5.74, 6) is 0.433. The van der Waals surface area contributed by atoms with Crippen molar-refractivity contribution in [3.63, 3.8) is 0 Å². The molecule has 2 nitrogen and oxygen atoms in total. The van der Waals surface area contributed by atoms with Gasteiger partial charge in [0.15, 0.2) is 0 Å². The molecule has 0 bridgehead atoms. The molecule has 2 rings (SSSR count). The van der Waals surface area contributed by atoms with Gasteiger partial charge in [-0.2, -0.15) is 0 Å². The van der Waals surface area contributed by atoms with Gasteiger partial charge in [-0.25, -0.2) is 4.39 Å². The number of anilines is 1. The van der Waals surface area contributed by atoms with E-state index >= 15 is 0 Å². The van der Waals surface area contributed by atoms with Crippen LogP contribution in [0.25, 0.3) is 0 Å². The van der Waals surface area contributed by atoms with Crippen molar-refractivity contribution < 1.29 is 9.13 Å². The van der Waals surface area contributed by atoms with E-state index in [0.717, 1.165) is 5.69 Å². The molecule has 0 aliphatic rings. The first-order chi connectivity index (χ1) is 9.61. The molecule has 0 saturated carbocycles. The molecule has 0 aliphatic heterocycles. The van der Waals surface area contributed by atoms with Gasteiger partial charge in [0, 0.05) is 11.3 Å². The monoisotopic (exact) mass is 293 g/mol. The minimum atomic E-state index is -0.218. The maximum absolute atomic E-state index is 13.7. The zero-order valence-corrected chi connectivity index (χ0v) is 12.2. The molecule has 0 heterocycles. The number of nitrogens with one attached hydrogen (secondary N) is 1. The van der Waals surface area contributed by atoms with Crippen LogP contribution in [0.1, 0.15) is 25.5 Å². The Morgan fingerprint density at radius 3 is 2.65 bits per heavy atom. The average Bonchev–Trinajstić information content (AvgIpc) is 2.42. The lowest BCUT2D eigenvalue weighted by atomic mass is 10.1. The Morgan fingerprint density at radius 1 is 1.25 bits per heavy atom. The van der Waals surface area contributed by atoms with E-state index < -0.39 is 0 Å². The molecule has 0 aliphatic carbocycles. The molecule has 1 atom stereocenters. The van der Waals surface area contributed by atoms with Crippen molar-refractivity contribution in [1.82, 2.24) is 0 Å². The second kappa shape index (κ2) is 6.62. The fourth-order valence-corrected chi connectivity index (χ4v) is 2.25. The van der Waals surface area contributed by atoms with Crippen LogP contribution < -0.4 is 10.1 Å². The summed E-state index contributed by atoms with van der Waals surface area (Å²) in [5, 5.41) is 3.77. The molecule has 1 N–H and O–H groups in total. The number of ether oxygens (including phenoxy) is 1. The molecule has 0 fully saturated rings. The van der Waals surface area contributed by atoms with Crippen LogP contribution in [0, 0.1) is 5.82 Å². The summed E-state index contributed by atoms with van der Waals surface area (Å²) in [6.07, 6.45) is 0. The summed E-state index contributed by atoms with van der Waals surface area (Å²) < 4.78 is 19.1. The highest BCUT2D eigenvalue weighted by molar-refractivity contribution is 6.32. The van der Waals surface area contributed by atoms with Crippen LogP contribution in [0.2, 0.25) is 5.02 Å². The van der Waals surface area contributed by atoms with Gasteiger partial charge in [0.2, 0.25) is 0 Å². The van der Waals surface area contributed by atoms with Gasteiger partial charge in [0.1, 0.15) is 11.6 Å². The first-order valence-electron chi connectivity index (χ1n) is 6.55. The molecule has 0 saturated heterocycles. The fourth-order valence-electron chi connectivity index (χ4n) is 2.02. The highest BCUT2D eigenvalue weighted by atomic mass is 35.5. The third-order valence-corrected chi connectivity index (χ3v) is 3.28. The molecule has 0 amide bonds. The lowest BCUT2D eigenvalue weighted by Gasteiger charge is -2.17. The third-order valence-electron chi connectivity index (χ3n) is 2.99. The lowest BCUT2D eigenvalue weighted by Crippen LogP contribution is -2.08. The van der Waals surface area contributed by atoms with Gasteiger partial charge in [0.05, 0.1) is 17.7 Å². The van der Waals surface area contributed by atoms with Crippen molar-refractivity contribution in [2.45, 2.75) is 19.9 Å². The maximum Gasteiger partial charge on any atom is 0.138 e. The van der Waals surface area contributed by atoms with E-state index in [1.807, 2.05) is 32.0 Å². The van der Waals surface area contributed by atoms with E-state index in [2.05, 4.69) is 5.32 Å². The lowest BCUT2D eigenvalue weighted by molar-refractivity contribution is 0.340. The van der Waals surface area contributed by atoms with E-state index in [1.165, 1.54) is 6.07 Å². The number of hydrogen-bond donors (Lipinski definition) is 1. The maximum atomic E-state index is 13.7. The van der Waals surface area contributed by atoms with Crippen molar-refractivity contribution in [2.75, 3.05) is 11.9 Å². The quantitative estimate of drug-likeness (QED) is 0.833. The molecule has 2 aromatic carbocycles. The third kappa shape index (κ3) is 3.42. The van der Waals surface area contributed by atoms with Crippen LogP contribution in [0.4, 0.5) is 10.1 Å². The highest BCUT2D eigenvalue weighted by Crippen LogP contribution is 2.29. The molecule has 0 radical (unpaired) electrons. The topological polar surface area (TPSA) is 21.3 Å². The van der Waals surface area contributed by atoms with Gasteiger partial charge in [-0.1, -0.05) is 29.8 Å². The minimum Gasteiger partial charge on any atom is -0.492 e. The largest absolute Gasteiger partial charge is 0.492 e. The molecule has 0 spiro atoms. The van der Waals surface area contributed by atoms with Gasteiger partial charge >= 0.3 is 0 Å². The van der Waals surface area contributed by atoms with Crippen molar-refractivity contribution in [1.29, 1.82) is 0 Å². The van der Waals surface area contributed by atoms with Crippen molar-refractivity contribution in [3.8, 4) is 5.75 Å². The number of halogens is 2. The van der Waals surface area contributed by atoms with Crippen LogP contribution in [-0.2, 0) is 0 Å². The van der Waals surface area contributed by atoms with Crippen LogP contribution >= 0.6 is 11.6 Å². The zero-order valence-electron chi connectivity index (χ0n) is 11.5. The highest BCUT2D eigenvalue weighted by Gasteiger charge is 2.11. The number of benzene rings is 2. The minimum absolute atomic E-state index is 0.148. The molecule has 1 unspecified atom stereocenters. The number of rotatable bonds is 5. The van der Waals surface area contributed by atoms with E-state index in [1.54, 1.807) is 18.2 Å². The first-order valence-corrected chi connectivity index (χ1v) is 6.93. The Hall–Kier alpha value is -1.74. The molecule has 0 aromatic heterocycles. The van der Waals surface area contributed by atoms with E-state index in [4.69, 9.17) is 16.3 Å². The molecule has 20 heavy (non-hydrogen) atoms. The standard InChI is InChI=1S/C16H17ClFNO/c1-3-20-16-9-8-12(10-14(16)17)19-11(2)13-6-4-5-7-15(13)18/h4-11,19H,3H2,1-2H3. The molecule has 4 heteroatoms. The second-order valence-corrected chi connectivity index (χ2v) is 4.87. The summed E-state index contributed by atoms with van der Waals surface area (Å²) >= 11 is 6.13. The van der Waals surface area contributed by atoms with Crippen molar-refractivity contribution >= 4 is 17.3 Å². The Morgan fingerprint density at radius 2 is 2.00 bits per heavy atom. The van der Waals surface area contributed by atoms with Crippen molar-refractivity contribution in [2.24, 2.45) is 0 Å². The Bertz CT molecular complexity index is 588. The van der Waals surface area contributed by atoms with Crippen molar-refractivity contribution in [3.05, 3.63) is 58.9 Å². The molecule has 106 valence electrons. The van der Waals surface area contributed by atoms with Crippen LogP contribution in [-0.4, -0.2) is 6.61 Å². The Balaban J connectivity index is 2.14. The van der Waals surface area contributed by atoms with Crippen LogP contribution in [0.5, 0.6) is 5.75 Å². The predicted octanol–water partition coefficient (Wildman–Crippen LogP) is 5.05. The summed E-state index contributed by atoms with van der Waals surface area (Å²) in [7, 11) is 0. The first kappa shape index (κ1) is 14.7. The summed E-state index contributed by atoms with van der Waals surface area (Å²) in [4.78, 5) is 0. The Kier molecular flexibility index (Phi) is 4.85.